The smallest absolute Gasteiger partial charge is 0.322 e. The van der Waals surface area contributed by atoms with E-state index < -0.39 is 15.9 Å². The second-order valence-corrected chi connectivity index (χ2v) is 11.0. The molecule has 0 saturated carbocycles. The third-order valence-electron chi connectivity index (χ3n) is 6.30. The fourth-order valence-corrected chi connectivity index (χ4v) is 5.69. The third-order valence-corrected chi connectivity index (χ3v) is 8.21. The van der Waals surface area contributed by atoms with Gasteiger partial charge in [-0.3, -0.25) is 10.1 Å². The van der Waals surface area contributed by atoms with E-state index in [0.717, 1.165) is 12.8 Å². The molecule has 0 spiro atoms. The molecule has 0 radical (unpaired) electrons. The van der Waals surface area contributed by atoms with Crippen LogP contribution in [0.15, 0.2) is 45.7 Å². The van der Waals surface area contributed by atoms with E-state index in [9.17, 15) is 13.2 Å². The summed E-state index contributed by atoms with van der Waals surface area (Å²) in [5.41, 5.74) is 0.777. The number of nitrogens with zero attached hydrogens (tertiary/aromatic N) is 3. The van der Waals surface area contributed by atoms with Gasteiger partial charge in [0.05, 0.1) is 24.7 Å². The Morgan fingerprint density at radius 1 is 0.974 bits per heavy atom. The highest BCUT2D eigenvalue weighted by atomic mass is 32.2. The van der Waals surface area contributed by atoms with E-state index in [-0.39, 0.29) is 22.4 Å². The van der Waals surface area contributed by atoms with Gasteiger partial charge in [-0.15, -0.1) is 5.10 Å². The summed E-state index contributed by atoms with van der Waals surface area (Å²) in [6, 6.07) is 9.09. The molecule has 12 heteroatoms. The lowest BCUT2D eigenvalue weighted by Crippen LogP contribution is -2.37. The minimum absolute atomic E-state index is 0.112. The molecule has 210 valence electrons. The van der Waals surface area contributed by atoms with Crippen LogP contribution < -0.4 is 19.5 Å². The standard InChI is InChI=1S/C27H34N4O7S/c1-5-35-22-16-20(17-23(36-6-2)24(22)37-7-3)26-29-30-27(38-26)28-25(32)19-8-10-21(11-9-19)39(33,34)31-14-12-18(4)13-15-31/h8-11,16-18H,5-7,12-15H2,1-4H3,(H,28,30,32). The second-order valence-electron chi connectivity index (χ2n) is 9.08. The number of sulfonamides is 1. The number of carbonyl (C=O) groups excluding carboxylic acids is 1. The van der Waals surface area contributed by atoms with Crippen molar-refractivity contribution in [3.63, 3.8) is 0 Å². The molecule has 3 aromatic rings. The summed E-state index contributed by atoms with van der Waals surface area (Å²) in [7, 11) is -3.61. The van der Waals surface area contributed by atoms with Crippen molar-refractivity contribution < 1.29 is 31.8 Å². The van der Waals surface area contributed by atoms with Crippen LogP contribution in [0.5, 0.6) is 17.2 Å². The van der Waals surface area contributed by atoms with Crippen molar-refractivity contribution in [1.29, 1.82) is 0 Å². The first-order valence-electron chi connectivity index (χ1n) is 13.1. The molecule has 1 amide bonds. The second kappa shape index (κ2) is 12.5. The molecule has 1 aliphatic rings. The number of carbonyl (C=O) groups is 1. The Kier molecular flexibility index (Phi) is 9.08. The maximum Gasteiger partial charge on any atom is 0.322 e. The number of anilines is 1. The summed E-state index contributed by atoms with van der Waals surface area (Å²) in [4.78, 5) is 13.0. The predicted molar refractivity (Wildman–Crippen MR) is 145 cm³/mol. The first-order valence-corrected chi connectivity index (χ1v) is 14.5. The minimum Gasteiger partial charge on any atom is -0.490 e. The van der Waals surface area contributed by atoms with Gasteiger partial charge in [0, 0.05) is 24.2 Å². The Hall–Kier alpha value is -3.64. The zero-order valence-corrected chi connectivity index (χ0v) is 23.4. The Balaban J connectivity index is 1.49. The largest absolute Gasteiger partial charge is 0.490 e. The van der Waals surface area contributed by atoms with Crippen LogP contribution in [-0.4, -0.2) is 61.7 Å². The number of amides is 1. The van der Waals surface area contributed by atoms with Crippen molar-refractivity contribution >= 4 is 21.9 Å². The molecule has 1 N–H and O–H groups in total. The molecule has 0 aliphatic carbocycles. The van der Waals surface area contributed by atoms with Crippen LogP contribution in [0.25, 0.3) is 11.5 Å². The summed E-state index contributed by atoms with van der Waals surface area (Å²) in [5, 5.41) is 10.5. The summed E-state index contributed by atoms with van der Waals surface area (Å²) in [6.07, 6.45) is 1.67. The average molecular weight is 559 g/mol. The maximum atomic E-state index is 13.0. The van der Waals surface area contributed by atoms with Crippen molar-refractivity contribution in [2.24, 2.45) is 5.92 Å². The van der Waals surface area contributed by atoms with Crippen LogP contribution in [0.4, 0.5) is 6.01 Å². The SMILES string of the molecule is CCOc1cc(-c2nnc(NC(=O)c3ccc(S(=O)(=O)N4CCC(C)CC4)cc3)o2)cc(OCC)c1OCC. The number of hydrogen-bond donors (Lipinski definition) is 1. The highest BCUT2D eigenvalue weighted by Gasteiger charge is 2.28. The first kappa shape index (κ1) is 28.4. The van der Waals surface area contributed by atoms with Gasteiger partial charge in [-0.1, -0.05) is 12.0 Å². The summed E-state index contributed by atoms with van der Waals surface area (Å²) in [5.74, 6) is 1.57. The number of aromatic nitrogens is 2. The lowest BCUT2D eigenvalue weighted by molar-refractivity contribution is 0.102. The Bertz CT molecular complexity index is 1350. The van der Waals surface area contributed by atoms with E-state index >= 15 is 0 Å². The highest BCUT2D eigenvalue weighted by molar-refractivity contribution is 7.89. The van der Waals surface area contributed by atoms with Crippen molar-refractivity contribution in [2.75, 3.05) is 38.2 Å². The van der Waals surface area contributed by atoms with E-state index in [2.05, 4.69) is 22.4 Å². The van der Waals surface area contributed by atoms with E-state index in [0.29, 0.717) is 61.6 Å². The molecule has 0 bridgehead atoms. The van der Waals surface area contributed by atoms with Crippen LogP contribution in [-0.2, 0) is 10.0 Å². The first-order chi connectivity index (χ1) is 18.8. The number of piperidine rings is 1. The van der Waals surface area contributed by atoms with Gasteiger partial charge in [-0.05, 0) is 75.9 Å². The lowest BCUT2D eigenvalue weighted by atomic mass is 10.0. The highest BCUT2D eigenvalue weighted by Crippen LogP contribution is 2.42. The molecule has 0 atom stereocenters. The van der Waals surface area contributed by atoms with Gasteiger partial charge in [-0.2, -0.15) is 4.31 Å². The lowest BCUT2D eigenvalue weighted by Gasteiger charge is -2.29. The molecule has 0 unspecified atom stereocenters. The van der Waals surface area contributed by atoms with Gasteiger partial charge in [0.1, 0.15) is 0 Å². The van der Waals surface area contributed by atoms with Gasteiger partial charge in [0.15, 0.2) is 11.5 Å². The van der Waals surface area contributed by atoms with E-state index in [4.69, 9.17) is 18.6 Å². The quantitative estimate of drug-likeness (QED) is 0.358. The molecule has 2 aromatic carbocycles. The number of ether oxygens (including phenoxy) is 3. The number of rotatable bonds is 11. The van der Waals surface area contributed by atoms with E-state index in [1.165, 1.54) is 28.6 Å². The summed E-state index contributed by atoms with van der Waals surface area (Å²) in [6.45, 7) is 9.97. The van der Waals surface area contributed by atoms with Crippen LogP contribution in [0.1, 0.15) is 50.9 Å². The third kappa shape index (κ3) is 6.51. The van der Waals surface area contributed by atoms with Crippen molar-refractivity contribution in [3.8, 4) is 28.7 Å². The molecule has 1 aliphatic heterocycles. The van der Waals surface area contributed by atoms with Crippen molar-refractivity contribution in [1.82, 2.24) is 14.5 Å². The molecule has 1 saturated heterocycles. The number of hydrogen-bond acceptors (Lipinski definition) is 9. The van der Waals surface area contributed by atoms with Gasteiger partial charge in [0.2, 0.25) is 21.7 Å². The molecule has 1 fully saturated rings. The molecule has 11 nitrogen and oxygen atoms in total. The summed E-state index contributed by atoms with van der Waals surface area (Å²) < 4.78 is 50.3. The molecule has 39 heavy (non-hydrogen) atoms. The normalized spacial score (nSPS) is 14.7. The van der Waals surface area contributed by atoms with Gasteiger partial charge in [-0.25, -0.2) is 8.42 Å². The Morgan fingerprint density at radius 2 is 1.56 bits per heavy atom. The van der Waals surface area contributed by atoms with Crippen LogP contribution in [0.2, 0.25) is 0 Å². The van der Waals surface area contributed by atoms with Gasteiger partial charge >= 0.3 is 6.01 Å². The number of nitrogens with one attached hydrogen (secondary N) is 1. The summed E-state index contributed by atoms with van der Waals surface area (Å²) >= 11 is 0. The molecule has 4 rings (SSSR count). The van der Waals surface area contributed by atoms with Gasteiger partial charge in [0.25, 0.3) is 5.91 Å². The average Bonchev–Trinajstić information content (AvgIpc) is 3.39. The maximum absolute atomic E-state index is 13.0. The Labute approximate surface area is 228 Å². The topological polar surface area (TPSA) is 133 Å². The molecular weight excluding hydrogens is 524 g/mol. The fraction of sp³-hybridized carbons (Fsp3) is 0.444. The van der Waals surface area contributed by atoms with E-state index in [1.54, 1.807) is 12.1 Å². The Morgan fingerprint density at radius 3 is 2.13 bits per heavy atom. The minimum atomic E-state index is -3.61. The van der Waals surface area contributed by atoms with Gasteiger partial charge < -0.3 is 18.6 Å². The van der Waals surface area contributed by atoms with Crippen LogP contribution >= 0.6 is 0 Å². The predicted octanol–water partition coefficient (Wildman–Crippen LogP) is 4.61. The number of benzene rings is 2. The van der Waals surface area contributed by atoms with Crippen molar-refractivity contribution in [3.05, 3.63) is 42.0 Å². The molecule has 2 heterocycles. The van der Waals surface area contributed by atoms with Crippen molar-refractivity contribution in [2.45, 2.75) is 45.4 Å². The molecule has 1 aromatic heterocycles. The fourth-order valence-electron chi connectivity index (χ4n) is 4.22. The zero-order valence-electron chi connectivity index (χ0n) is 22.6. The van der Waals surface area contributed by atoms with Crippen LogP contribution in [0, 0.1) is 5.92 Å². The monoisotopic (exact) mass is 558 g/mol. The van der Waals surface area contributed by atoms with Crippen LogP contribution in [0.3, 0.4) is 0 Å². The molecular formula is C27H34N4O7S. The zero-order chi connectivity index (χ0) is 28.0. The van der Waals surface area contributed by atoms with E-state index in [1.807, 2.05) is 20.8 Å².